The van der Waals surface area contributed by atoms with Gasteiger partial charge in [-0.05, 0) is 27.7 Å². The average molecular weight is 244 g/mol. The Balaban J connectivity index is 2.63. The summed E-state index contributed by atoms with van der Waals surface area (Å²) < 4.78 is 8.69. The van der Waals surface area contributed by atoms with Gasteiger partial charge < -0.3 is 0 Å². The average Bonchev–Trinajstić information content (AvgIpc) is 2.78. The van der Waals surface area contributed by atoms with Crippen molar-refractivity contribution in [2.75, 3.05) is 0 Å². The highest BCUT2D eigenvalue weighted by atomic mass is 32.1. The molecule has 0 bridgehead atoms. The molecule has 0 spiro atoms. The Morgan fingerprint density at radius 2 is 1.06 bits per heavy atom. The molecule has 0 radical (unpaired) electrons. The van der Waals surface area contributed by atoms with Gasteiger partial charge in [0.2, 0.25) is 0 Å². The molecule has 5 heteroatoms. The first-order valence-corrected chi connectivity index (χ1v) is 6.19. The fourth-order valence-electron chi connectivity index (χ4n) is 2.03. The molecule has 4 nitrogen and oxygen atoms in total. The topological polar surface area (TPSA) is 51.6 Å². The maximum absolute atomic E-state index is 4.64. The van der Waals surface area contributed by atoms with Gasteiger partial charge in [0.15, 0.2) is 0 Å². The molecule has 0 N–H and O–H groups in total. The van der Waals surface area contributed by atoms with Crippen molar-refractivity contribution in [3.8, 4) is 0 Å². The van der Waals surface area contributed by atoms with Crippen LogP contribution in [-0.2, 0) is 0 Å². The molecule has 0 aliphatic heterocycles. The van der Waals surface area contributed by atoms with Crippen molar-refractivity contribution in [2.45, 2.75) is 27.7 Å². The number of aryl methyl sites for hydroxylation is 4. The lowest BCUT2D eigenvalue weighted by molar-refractivity contribution is 1.09. The molecule has 0 saturated heterocycles. The summed E-state index contributed by atoms with van der Waals surface area (Å²) in [6.45, 7) is 8.05. The van der Waals surface area contributed by atoms with Gasteiger partial charge in [-0.15, -0.1) is 0 Å². The second-order valence-electron chi connectivity index (χ2n) is 4.30. The monoisotopic (exact) mass is 244 g/mol. The Morgan fingerprint density at radius 3 is 1.47 bits per heavy atom. The van der Waals surface area contributed by atoms with Crippen LogP contribution in [0.5, 0.6) is 0 Å². The fraction of sp³-hybridized carbons (Fsp3) is 0.333. The van der Waals surface area contributed by atoms with Crippen LogP contribution in [0.1, 0.15) is 22.5 Å². The molecule has 0 unspecified atom stereocenters. The van der Waals surface area contributed by atoms with E-state index in [0.717, 1.165) is 44.6 Å². The van der Waals surface area contributed by atoms with Crippen LogP contribution in [0.15, 0.2) is 0 Å². The van der Waals surface area contributed by atoms with Gasteiger partial charge in [-0.2, -0.15) is 8.75 Å². The summed E-state index contributed by atoms with van der Waals surface area (Å²) in [5.74, 6) is 0. The molecule has 0 amide bonds. The normalized spacial score (nSPS) is 11.5. The molecule has 0 saturated carbocycles. The van der Waals surface area contributed by atoms with Gasteiger partial charge in [0, 0.05) is 11.1 Å². The molecular weight excluding hydrogens is 232 g/mol. The molecule has 86 valence electrons. The minimum Gasteiger partial charge on any atom is -0.249 e. The van der Waals surface area contributed by atoms with E-state index in [1.165, 1.54) is 11.7 Å². The van der Waals surface area contributed by atoms with E-state index in [1.54, 1.807) is 0 Å². The van der Waals surface area contributed by atoms with E-state index in [-0.39, 0.29) is 0 Å². The van der Waals surface area contributed by atoms with Crippen molar-refractivity contribution in [3.63, 3.8) is 0 Å². The van der Waals surface area contributed by atoms with Gasteiger partial charge in [0.05, 0.1) is 34.1 Å². The van der Waals surface area contributed by atoms with Crippen LogP contribution < -0.4 is 0 Å². The third-order valence-electron chi connectivity index (χ3n) is 3.22. The van der Waals surface area contributed by atoms with Gasteiger partial charge in [0.25, 0.3) is 0 Å². The summed E-state index contributed by atoms with van der Waals surface area (Å²) >= 11 is 1.24. The third kappa shape index (κ3) is 1.35. The first-order chi connectivity index (χ1) is 8.09. The zero-order valence-corrected chi connectivity index (χ0v) is 11.0. The van der Waals surface area contributed by atoms with Crippen LogP contribution in [0, 0.1) is 27.7 Å². The minimum absolute atomic E-state index is 0.950. The molecule has 3 rings (SSSR count). The Labute approximate surface area is 103 Å². The Hall–Kier alpha value is -1.62. The SMILES string of the molecule is Cc1nc2c(C)c3nsnc3c(C)c2nc1C. The van der Waals surface area contributed by atoms with Crippen LogP contribution >= 0.6 is 11.7 Å². The Kier molecular flexibility index (Phi) is 2.13. The van der Waals surface area contributed by atoms with E-state index < -0.39 is 0 Å². The van der Waals surface area contributed by atoms with E-state index in [2.05, 4.69) is 18.7 Å². The number of benzene rings is 1. The highest BCUT2D eigenvalue weighted by Crippen LogP contribution is 2.28. The molecule has 0 fully saturated rings. The van der Waals surface area contributed by atoms with E-state index in [0.29, 0.717) is 0 Å². The number of hydrogen-bond donors (Lipinski definition) is 0. The lowest BCUT2D eigenvalue weighted by atomic mass is 10.1. The molecule has 2 heterocycles. The number of fused-ring (bicyclic) bond motifs is 2. The van der Waals surface area contributed by atoms with E-state index >= 15 is 0 Å². The molecule has 0 aliphatic carbocycles. The second kappa shape index (κ2) is 3.43. The predicted molar refractivity (Wildman–Crippen MR) is 69.5 cm³/mol. The molecule has 1 aromatic carbocycles. The van der Waals surface area contributed by atoms with Crippen molar-refractivity contribution in [2.24, 2.45) is 0 Å². The third-order valence-corrected chi connectivity index (χ3v) is 3.74. The van der Waals surface area contributed by atoms with Gasteiger partial charge >= 0.3 is 0 Å². The lowest BCUT2D eigenvalue weighted by Gasteiger charge is -2.08. The van der Waals surface area contributed by atoms with Gasteiger partial charge in [-0.3, -0.25) is 0 Å². The van der Waals surface area contributed by atoms with E-state index in [9.17, 15) is 0 Å². The Bertz CT molecular complexity index is 684. The van der Waals surface area contributed by atoms with Gasteiger partial charge in [0.1, 0.15) is 11.0 Å². The summed E-state index contributed by atoms with van der Waals surface area (Å²) in [6, 6.07) is 0. The lowest BCUT2D eigenvalue weighted by Crippen LogP contribution is -1.98. The first kappa shape index (κ1) is 10.5. The zero-order chi connectivity index (χ0) is 12.2. The molecular formula is C12H12N4S. The van der Waals surface area contributed by atoms with Crippen LogP contribution in [0.25, 0.3) is 22.1 Å². The van der Waals surface area contributed by atoms with Gasteiger partial charge in [-0.25, -0.2) is 9.97 Å². The van der Waals surface area contributed by atoms with E-state index in [1.807, 2.05) is 27.7 Å². The molecule has 0 atom stereocenters. The van der Waals surface area contributed by atoms with Crippen molar-refractivity contribution < 1.29 is 0 Å². The standard InChI is InChI=1S/C12H12N4S/c1-5-9-10(14-8(4)7(3)13-9)6(2)12-11(5)15-17-16-12/h1-4H3. The van der Waals surface area contributed by atoms with Crippen molar-refractivity contribution in [1.82, 2.24) is 18.7 Å². The summed E-state index contributed by atoms with van der Waals surface area (Å²) in [5, 5.41) is 0. The van der Waals surface area contributed by atoms with Crippen LogP contribution in [0.2, 0.25) is 0 Å². The maximum Gasteiger partial charge on any atom is 0.110 e. The second-order valence-corrected chi connectivity index (χ2v) is 4.83. The summed E-state index contributed by atoms with van der Waals surface area (Å²) in [4.78, 5) is 9.28. The smallest absolute Gasteiger partial charge is 0.110 e. The number of aromatic nitrogens is 4. The molecule has 2 aromatic heterocycles. The summed E-state index contributed by atoms with van der Waals surface area (Å²) in [5.41, 5.74) is 7.91. The highest BCUT2D eigenvalue weighted by molar-refractivity contribution is 7.00. The van der Waals surface area contributed by atoms with E-state index in [4.69, 9.17) is 0 Å². The van der Waals surface area contributed by atoms with Crippen molar-refractivity contribution in [3.05, 3.63) is 22.5 Å². The fourth-order valence-corrected chi connectivity index (χ4v) is 2.68. The zero-order valence-electron chi connectivity index (χ0n) is 10.2. The van der Waals surface area contributed by atoms with Crippen molar-refractivity contribution >= 4 is 33.8 Å². The largest absolute Gasteiger partial charge is 0.249 e. The number of nitrogens with zero attached hydrogens (tertiary/aromatic N) is 4. The highest BCUT2D eigenvalue weighted by Gasteiger charge is 2.15. The van der Waals surface area contributed by atoms with Crippen LogP contribution in [-0.4, -0.2) is 18.7 Å². The molecule has 3 aromatic rings. The predicted octanol–water partition coefficient (Wildman–Crippen LogP) is 2.87. The number of rotatable bonds is 0. The maximum atomic E-state index is 4.64. The quantitative estimate of drug-likeness (QED) is 0.610. The first-order valence-electron chi connectivity index (χ1n) is 5.46. The summed E-state index contributed by atoms with van der Waals surface area (Å²) in [7, 11) is 0. The molecule has 17 heavy (non-hydrogen) atoms. The number of hydrogen-bond acceptors (Lipinski definition) is 5. The Morgan fingerprint density at radius 1 is 0.647 bits per heavy atom. The molecule has 0 aliphatic rings. The van der Waals surface area contributed by atoms with Crippen LogP contribution in [0.4, 0.5) is 0 Å². The summed E-state index contributed by atoms with van der Waals surface area (Å²) in [6.07, 6.45) is 0. The van der Waals surface area contributed by atoms with Crippen molar-refractivity contribution in [1.29, 1.82) is 0 Å². The van der Waals surface area contributed by atoms with Gasteiger partial charge in [-0.1, -0.05) is 0 Å². The minimum atomic E-state index is 0.950. The van der Waals surface area contributed by atoms with Crippen LogP contribution in [0.3, 0.4) is 0 Å².